The van der Waals surface area contributed by atoms with Gasteiger partial charge in [0.25, 0.3) is 0 Å². The van der Waals surface area contributed by atoms with Crippen molar-refractivity contribution >= 4 is 0 Å². The lowest BCUT2D eigenvalue weighted by Crippen LogP contribution is -1.88. The molecule has 56 valence electrons. The Morgan fingerprint density at radius 3 is 2.82 bits per heavy atom. The highest BCUT2D eigenvalue weighted by atomic mass is 14.7. The molecule has 0 bridgehead atoms. The lowest BCUT2D eigenvalue weighted by molar-refractivity contribution is 1.06. The zero-order valence-electron chi connectivity index (χ0n) is 6.67. The standard InChI is InChI=1S/C10H11N/c1-3-5-10-7-6-9(4-2)8-11-10/h1,6-8H,4-5H2,2H3. The molecule has 0 aliphatic heterocycles. The van der Waals surface area contributed by atoms with Gasteiger partial charge in [0.2, 0.25) is 0 Å². The first-order valence-corrected chi connectivity index (χ1v) is 3.74. The number of aromatic nitrogens is 1. The van der Waals surface area contributed by atoms with Crippen molar-refractivity contribution in [3.05, 3.63) is 29.6 Å². The maximum atomic E-state index is 5.14. The molecule has 1 heterocycles. The van der Waals surface area contributed by atoms with Crippen LogP contribution in [0, 0.1) is 12.3 Å². The number of rotatable bonds is 2. The van der Waals surface area contributed by atoms with Crippen LogP contribution in [-0.4, -0.2) is 4.98 Å². The molecule has 0 amide bonds. The highest BCUT2D eigenvalue weighted by Gasteiger charge is 1.91. The van der Waals surface area contributed by atoms with E-state index in [0.29, 0.717) is 6.42 Å². The Kier molecular flexibility index (Phi) is 2.68. The van der Waals surface area contributed by atoms with Gasteiger partial charge in [-0.3, -0.25) is 4.98 Å². The van der Waals surface area contributed by atoms with Gasteiger partial charge in [0, 0.05) is 6.20 Å². The number of terminal acetylenes is 1. The van der Waals surface area contributed by atoms with E-state index in [4.69, 9.17) is 6.42 Å². The zero-order valence-corrected chi connectivity index (χ0v) is 6.67. The lowest BCUT2D eigenvalue weighted by Gasteiger charge is -1.96. The van der Waals surface area contributed by atoms with E-state index in [1.54, 1.807) is 0 Å². The van der Waals surface area contributed by atoms with Crippen LogP contribution in [0.1, 0.15) is 18.2 Å². The number of nitrogens with zero attached hydrogens (tertiary/aromatic N) is 1. The van der Waals surface area contributed by atoms with Crippen LogP contribution in [0.2, 0.25) is 0 Å². The third-order valence-electron chi connectivity index (χ3n) is 1.58. The highest BCUT2D eigenvalue weighted by molar-refractivity contribution is 5.16. The zero-order chi connectivity index (χ0) is 8.10. The van der Waals surface area contributed by atoms with Crippen LogP contribution < -0.4 is 0 Å². The molecule has 11 heavy (non-hydrogen) atoms. The fraction of sp³-hybridized carbons (Fsp3) is 0.300. The lowest BCUT2D eigenvalue weighted by atomic mass is 10.2. The minimum absolute atomic E-state index is 0.629. The van der Waals surface area contributed by atoms with Gasteiger partial charge in [-0.15, -0.1) is 12.3 Å². The van der Waals surface area contributed by atoms with Crippen LogP contribution in [0.15, 0.2) is 18.3 Å². The normalized spacial score (nSPS) is 9.09. The van der Waals surface area contributed by atoms with Gasteiger partial charge in [0.05, 0.1) is 12.1 Å². The van der Waals surface area contributed by atoms with Gasteiger partial charge >= 0.3 is 0 Å². The van der Waals surface area contributed by atoms with E-state index in [1.807, 2.05) is 12.3 Å². The molecule has 1 rings (SSSR count). The maximum Gasteiger partial charge on any atom is 0.0522 e. The monoisotopic (exact) mass is 145 g/mol. The Hall–Kier alpha value is -1.29. The molecule has 0 radical (unpaired) electrons. The van der Waals surface area contributed by atoms with Crippen molar-refractivity contribution in [2.75, 3.05) is 0 Å². The first-order valence-electron chi connectivity index (χ1n) is 3.74. The van der Waals surface area contributed by atoms with E-state index < -0.39 is 0 Å². The van der Waals surface area contributed by atoms with Crippen LogP contribution in [0.25, 0.3) is 0 Å². The predicted molar refractivity (Wildman–Crippen MR) is 46.2 cm³/mol. The molecule has 0 unspecified atom stereocenters. The second-order valence-corrected chi connectivity index (χ2v) is 2.39. The molecule has 0 spiro atoms. The van der Waals surface area contributed by atoms with Gasteiger partial charge in [-0.2, -0.15) is 0 Å². The number of hydrogen-bond donors (Lipinski definition) is 0. The van der Waals surface area contributed by atoms with E-state index in [-0.39, 0.29) is 0 Å². The summed E-state index contributed by atoms with van der Waals surface area (Å²) in [5.74, 6) is 2.56. The fourth-order valence-electron chi connectivity index (χ4n) is 0.873. The number of aryl methyl sites for hydroxylation is 1. The molecule has 0 aliphatic rings. The minimum atomic E-state index is 0.629. The second-order valence-electron chi connectivity index (χ2n) is 2.39. The molecule has 1 heteroatoms. The molecule has 0 saturated heterocycles. The Labute approximate surface area is 67.5 Å². The summed E-state index contributed by atoms with van der Waals surface area (Å²) < 4.78 is 0. The average Bonchev–Trinajstić information content (AvgIpc) is 2.07. The summed E-state index contributed by atoms with van der Waals surface area (Å²) in [6, 6.07) is 4.05. The minimum Gasteiger partial charge on any atom is -0.260 e. The topological polar surface area (TPSA) is 12.9 Å². The number of pyridine rings is 1. The predicted octanol–water partition coefficient (Wildman–Crippen LogP) is 1.82. The molecule has 0 saturated carbocycles. The van der Waals surface area contributed by atoms with E-state index in [9.17, 15) is 0 Å². The molecular formula is C10H11N. The van der Waals surface area contributed by atoms with Crippen molar-refractivity contribution in [1.82, 2.24) is 4.98 Å². The largest absolute Gasteiger partial charge is 0.260 e. The molecule has 1 aromatic heterocycles. The van der Waals surface area contributed by atoms with Crippen LogP contribution >= 0.6 is 0 Å². The quantitative estimate of drug-likeness (QED) is 0.578. The van der Waals surface area contributed by atoms with Crippen molar-refractivity contribution < 1.29 is 0 Å². The third-order valence-corrected chi connectivity index (χ3v) is 1.58. The van der Waals surface area contributed by atoms with Crippen molar-refractivity contribution in [2.45, 2.75) is 19.8 Å². The Balaban J connectivity index is 2.76. The van der Waals surface area contributed by atoms with Crippen LogP contribution in [-0.2, 0) is 12.8 Å². The fourth-order valence-corrected chi connectivity index (χ4v) is 0.873. The molecule has 1 aromatic rings. The van der Waals surface area contributed by atoms with Crippen molar-refractivity contribution in [3.8, 4) is 12.3 Å². The van der Waals surface area contributed by atoms with Crippen LogP contribution in [0.4, 0.5) is 0 Å². The summed E-state index contributed by atoms with van der Waals surface area (Å²) in [6.07, 6.45) is 8.68. The van der Waals surface area contributed by atoms with Crippen LogP contribution in [0.5, 0.6) is 0 Å². The molecular weight excluding hydrogens is 134 g/mol. The summed E-state index contributed by atoms with van der Waals surface area (Å²) in [6.45, 7) is 2.11. The first-order chi connectivity index (χ1) is 5.36. The van der Waals surface area contributed by atoms with Crippen molar-refractivity contribution in [2.24, 2.45) is 0 Å². The smallest absolute Gasteiger partial charge is 0.0522 e. The van der Waals surface area contributed by atoms with E-state index >= 15 is 0 Å². The maximum absolute atomic E-state index is 5.14. The Morgan fingerprint density at radius 1 is 1.55 bits per heavy atom. The summed E-state index contributed by atoms with van der Waals surface area (Å²) in [5.41, 5.74) is 2.23. The summed E-state index contributed by atoms with van der Waals surface area (Å²) in [5, 5.41) is 0. The third kappa shape index (κ3) is 2.09. The van der Waals surface area contributed by atoms with Gasteiger partial charge in [-0.25, -0.2) is 0 Å². The van der Waals surface area contributed by atoms with Gasteiger partial charge in [0.15, 0.2) is 0 Å². The van der Waals surface area contributed by atoms with Crippen molar-refractivity contribution in [1.29, 1.82) is 0 Å². The highest BCUT2D eigenvalue weighted by Crippen LogP contribution is 2.00. The van der Waals surface area contributed by atoms with Gasteiger partial charge in [0.1, 0.15) is 0 Å². The van der Waals surface area contributed by atoms with Gasteiger partial charge in [-0.05, 0) is 18.1 Å². The van der Waals surface area contributed by atoms with E-state index in [2.05, 4.69) is 23.9 Å². The SMILES string of the molecule is C#CCc1ccc(CC)cn1. The summed E-state index contributed by atoms with van der Waals surface area (Å²) >= 11 is 0. The molecule has 0 N–H and O–H groups in total. The molecule has 0 fully saturated rings. The van der Waals surface area contributed by atoms with E-state index in [0.717, 1.165) is 12.1 Å². The summed E-state index contributed by atoms with van der Waals surface area (Å²) in [4.78, 5) is 4.20. The van der Waals surface area contributed by atoms with Crippen molar-refractivity contribution in [3.63, 3.8) is 0 Å². The molecule has 0 aromatic carbocycles. The van der Waals surface area contributed by atoms with Gasteiger partial charge in [-0.1, -0.05) is 13.0 Å². The molecule has 0 atom stereocenters. The number of hydrogen-bond acceptors (Lipinski definition) is 1. The molecule has 0 aliphatic carbocycles. The van der Waals surface area contributed by atoms with E-state index in [1.165, 1.54) is 5.56 Å². The Bertz CT molecular complexity index is 253. The second kappa shape index (κ2) is 3.78. The van der Waals surface area contributed by atoms with Gasteiger partial charge < -0.3 is 0 Å². The Morgan fingerprint density at radius 2 is 2.36 bits per heavy atom. The molecule has 1 nitrogen and oxygen atoms in total. The summed E-state index contributed by atoms with van der Waals surface area (Å²) in [7, 11) is 0. The first kappa shape index (κ1) is 7.81. The average molecular weight is 145 g/mol. The van der Waals surface area contributed by atoms with Crippen LogP contribution in [0.3, 0.4) is 0 Å².